The minimum absolute atomic E-state index is 0.0968. The molecule has 1 saturated heterocycles. The Bertz CT molecular complexity index is 1430. The fourth-order valence-corrected chi connectivity index (χ4v) is 5.83. The highest BCUT2D eigenvalue weighted by molar-refractivity contribution is 9.10. The number of hydrogen-bond acceptors (Lipinski definition) is 6. The third-order valence-corrected chi connectivity index (χ3v) is 7.57. The lowest BCUT2D eigenvalue weighted by Gasteiger charge is -2.28. The van der Waals surface area contributed by atoms with E-state index in [1.54, 1.807) is 30.6 Å². The van der Waals surface area contributed by atoms with Crippen molar-refractivity contribution in [1.29, 1.82) is 0 Å². The molecule has 1 aliphatic heterocycles. The fourth-order valence-electron chi connectivity index (χ4n) is 4.20. The van der Waals surface area contributed by atoms with E-state index < -0.39 is 10.0 Å². The highest BCUT2D eigenvalue weighted by Gasteiger charge is 2.19. The maximum atomic E-state index is 12.6. The Morgan fingerprint density at radius 2 is 1.82 bits per heavy atom. The summed E-state index contributed by atoms with van der Waals surface area (Å²) in [5.74, 6) is 0.812. The highest BCUT2D eigenvalue weighted by Crippen LogP contribution is 2.32. The van der Waals surface area contributed by atoms with Crippen LogP contribution >= 0.6 is 15.9 Å². The summed E-state index contributed by atoms with van der Waals surface area (Å²) in [7, 11) is -1.56. The zero-order chi connectivity index (χ0) is 23.7. The van der Waals surface area contributed by atoms with Crippen LogP contribution in [0.4, 0.5) is 11.5 Å². The second kappa shape index (κ2) is 9.36. The molecular weight excluding hydrogens is 518 g/mol. The summed E-state index contributed by atoms with van der Waals surface area (Å²) in [5, 5.41) is 0.987. The molecule has 0 saturated carbocycles. The summed E-state index contributed by atoms with van der Waals surface area (Å²) in [5.41, 5.74) is 4.03. The molecule has 0 spiro atoms. The second-order valence-corrected chi connectivity index (χ2v) is 10.8. The van der Waals surface area contributed by atoms with Gasteiger partial charge in [0.25, 0.3) is 0 Å². The van der Waals surface area contributed by atoms with E-state index in [4.69, 9.17) is 4.74 Å². The average Bonchev–Trinajstić information content (AvgIpc) is 3.16. The first-order chi connectivity index (χ1) is 16.4. The number of halogens is 1. The molecule has 1 fully saturated rings. The molecule has 0 radical (unpaired) electrons. The molecule has 4 aromatic rings. The number of sulfonamides is 1. The number of anilines is 2. The van der Waals surface area contributed by atoms with Crippen molar-refractivity contribution in [2.24, 2.45) is 7.05 Å². The first-order valence-corrected chi connectivity index (χ1v) is 13.3. The Balaban J connectivity index is 1.39. The molecular formula is C24H24BrN5O3S. The molecule has 0 atom stereocenters. The number of ether oxygens (including phenoxy) is 1. The summed E-state index contributed by atoms with van der Waals surface area (Å²) < 4.78 is 36.3. The Morgan fingerprint density at radius 3 is 2.56 bits per heavy atom. The van der Waals surface area contributed by atoms with Gasteiger partial charge in [-0.05, 0) is 41.5 Å². The van der Waals surface area contributed by atoms with E-state index in [1.165, 1.54) is 0 Å². The first kappa shape index (κ1) is 22.8. The van der Waals surface area contributed by atoms with Gasteiger partial charge in [-0.25, -0.2) is 18.4 Å². The van der Waals surface area contributed by atoms with Gasteiger partial charge in [-0.3, -0.25) is 4.72 Å². The van der Waals surface area contributed by atoms with Crippen LogP contribution in [0.2, 0.25) is 0 Å². The van der Waals surface area contributed by atoms with Crippen LogP contribution in [0.15, 0.2) is 65.4 Å². The number of hydrogen-bond donors (Lipinski definition) is 1. The van der Waals surface area contributed by atoms with Gasteiger partial charge in [0.15, 0.2) is 0 Å². The van der Waals surface area contributed by atoms with Crippen LogP contribution in [0.1, 0.15) is 5.56 Å². The number of morpholine rings is 1. The van der Waals surface area contributed by atoms with E-state index in [-0.39, 0.29) is 5.75 Å². The summed E-state index contributed by atoms with van der Waals surface area (Å²) in [6, 6.07) is 16.7. The van der Waals surface area contributed by atoms with Gasteiger partial charge < -0.3 is 14.2 Å². The topological polar surface area (TPSA) is 89.4 Å². The first-order valence-electron chi connectivity index (χ1n) is 10.9. The standard InChI is InChI=1S/C24H24BrN5O3S/c1-29-22(14-21-23(29)26-16-27-24(21)30-9-11-33-12-10-30)18-5-7-20(8-6-18)28-34(31,32)15-17-3-2-4-19(25)13-17/h2-8,13-14,16,28H,9-12,15H2,1H3. The van der Waals surface area contributed by atoms with Crippen molar-refractivity contribution in [2.45, 2.75) is 5.75 Å². The molecule has 3 heterocycles. The summed E-state index contributed by atoms with van der Waals surface area (Å²) in [6.07, 6.45) is 1.60. The van der Waals surface area contributed by atoms with Crippen LogP contribution in [0.5, 0.6) is 0 Å². The predicted octanol–water partition coefficient (Wildman–Crippen LogP) is 4.18. The summed E-state index contributed by atoms with van der Waals surface area (Å²) in [6.45, 7) is 2.96. The van der Waals surface area contributed by atoms with Gasteiger partial charge in [0.2, 0.25) is 10.0 Å². The molecule has 10 heteroatoms. The summed E-state index contributed by atoms with van der Waals surface area (Å²) >= 11 is 3.38. The van der Waals surface area contributed by atoms with E-state index >= 15 is 0 Å². The quantitative estimate of drug-likeness (QED) is 0.394. The van der Waals surface area contributed by atoms with Crippen molar-refractivity contribution in [3.05, 3.63) is 71.0 Å². The highest BCUT2D eigenvalue weighted by atomic mass is 79.9. The van der Waals surface area contributed by atoms with Gasteiger partial charge in [-0.15, -0.1) is 0 Å². The van der Waals surface area contributed by atoms with Crippen LogP contribution in [0, 0.1) is 0 Å². The summed E-state index contributed by atoms with van der Waals surface area (Å²) in [4.78, 5) is 11.3. The van der Waals surface area contributed by atoms with Crippen molar-refractivity contribution in [3.8, 4) is 11.3 Å². The van der Waals surface area contributed by atoms with Crippen LogP contribution in [0.3, 0.4) is 0 Å². The van der Waals surface area contributed by atoms with Gasteiger partial charge in [0, 0.05) is 30.3 Å². The van der Waals surface area contributed by atoms with Crippen molar-refractivity contribution in [2.75, 3.05) is 35.9 Å². The van der Waals surface area contributed by atoms with E-state index in [9.17, 15) is 8.42 Å². The van der Waals surface area contributed by atoms with Crippen molar-refractivity contribution in [3.63, 3.8) is 0 Å². The molecule has 5 rings (SSSR count). The minimum atomic E-state index is -3.54. The molecule has 1 N–H and O–H groups in total. The molecule has 34 heavy (non-hydrogen) atoms. The number of benzene rings is 2. The predicted molar refractivity (Wildman–Crippen MR) is 137 cm³/mol. The van der Waals surface area contributed by atoms with Crippen molar-refractivity contribution >= 4 is 48.5 Å². The molecule has 176 valence electrons. The second-order valence-electron chi connectivity index (χ2n) is 8.19. The van der Waals surface area contributed by atoms with Crippen LogP contribution in [0.25, 0.3) is 22.3 Å². The smallest absolute Gasteiger partial charge is 0.236 e. The maximum absolute atomic E-state index is 12.6. The number of nitrogens with zero attached hydrogens (tertiary/aromatic N) is 4. The molecule has 2 aromatic carbocycles. The van der Waals surface area contributed by atoms with Crippen LogP contribution < -0.4 is 9.62 Å². The van der Waals surface area contributed by atoms with Gasteiger partial charge in [-0.1, -0.05) is 40.2 Å². The Hall–Kier alpha value is -2.95. The van der Waals surface area contributed by atoms with Crippen LogP contribution in [-0.2, 0) is 27.6 Å². The lowest BCUT2D eigenvalue weighted by molar-refractivity contribution is 0.122. The lowest BCUT2D eigenvalue weighted by atomic mass is 10.1. The largest absolute Gasteiger partial charge is 0.378 e. The van der Waals surface area contributed by atoms with Crippen molar-refractivity contribution < 1.29 is 13.2 Å². The molecule has 8 nitrogen and oxygen atoms in total. The van der Waals surface area contributed by atoms with Crippen molar-refractivity contribution in [1.82, 2.24) is 14.5 Å². The SMILES string of the molecule is Cn1c(-c2ccc(NS(=O)(=O)Cc3cccc(Br)c3)cc2)cc2c(N3CCOCC3)ncnc21. The van der Waals surface area contributed by atoms with E-state index in [2.05, 4.69) is 41.6 Å². The fraction of sp³-hybridized carbons (Fsp3) is 0.250. The Kier molecular flexibility index (Phi) is 6.28. The monoisotopic (exact) mass is 541 g/mol. The van der Waals surface area contributed by atoms with Gasteiger partial charge in [0.05, 0.1) is 30.0 Å². The molecule has 0 unspecified atom stereocenters. The third kappa shape index (κ3) is 4.79. The van der Waals surface area contributed by atoms with Gasteiger partial charge >= 0.3 is 0 Å². The Morgan fingerprint density at radius 1 is 1.06 bits per heavy atom. The van der Waals surface area contributed by atoms with Gasteiger partial charge in [-0.2, -0.15) is 0 Å². The minimum Gasteiger partial charge on any atom is -0.378 e. The van der Waals surface area contributed by atoms with Crippen LogP contribution in [-0.4, -0.2) is 49.3 Å². The zero-order valence-corrected chi connectivity index (χ0v) is 21.0. The number of rotatable bonds is 6. The molecule has 0 aliphatic carbocycles. The van der Waals surface area contributed by atoms with E-state index in [0.29, 0.717) is 24.5 Å². The molecule has 0 bridgehead atoms. The molecule has 0 amide bonds. The average molecular weight is 542 g/mol. The zero-order valence-electron chi connectivity index (χ0n) is 18.6. The number of fused-ring (bicyclic) bond motifs is 1. The van der Waals surface area contributed by atoms with E-state index in [0.717, 1.165) is 45.7 Å². The number of nitrogens with one attached hydrogen (secondary N) is 1. The number of aromatic nitrogens is 3. The maximum Gasteiger partial charge on any atom is 0.236 e. The van der Waals surface area contributed by atoms with E-state index in [1.807, 2.05) is 35.9 Å². The number of aryl methyl sites for hydroxylation is 1. The molecule has 1 aliphatic rings. The van der Waals surface area contributed by atoms with Gasteiger partial charge in [0.1, 0.15) is 17.8 Å². The Labute approximate surface area is 206 Å². The lowest BCUT2D eigenvalue weighted by Crippen LogP contribution is -2.36. The normalized spacial score (nSPS) is 14.5. The third-order valence-electron chi connectivity index (χ3n) is 5.81. The molecule has 2 aromatic heterocycles.